The average molecular weight is 534 g/mol. The first kappa shape index (κ1) is 27.1. The number of pyridine rings is 1. The van der Waals surface area contributed by atoms with Gasteiger partial charge in [-0.05, 0) is 95.3 Å². The van der Waals surface area contributed by atoms with E-state index >= 15 is 4.39 Å². The number of hydrogen-bond donors (Lipinski definition) is 1. The van der Waals surface area contributed by atoms with Crippen molar-refractivity contribution in [1.29, 1.82) is 0 Å². The van der Waals surface area contributed by atoms with Crippen molar-refractivity contribution in [1.82, 2.24) is 29.4 Å². The Hall–Kier alpha value is -3.46. The molecule has 7 nitrogen and oxygen atoms in total. The molecule has 1 saturated heterocycles. The summed E-state index contributed by atoms with van der Waals surface area (Å²) < 4.78 is 31.8. The molecule has 0 radical (unpaired) electrons. The number of imidazole rings is 1. The van der Waals surface area contributed by atoms with E-state index in [9.17, 15) is 4.39 Å². The number of hydrogen-bond acceptors (Lipinski definition) is 6. The van der Waals surface area contributed by atoms with Crippen LogP contribution in [0.5, 0.6) is 0 Å². The van der Waals surface area contributed by atoms with Gasteiger partial charge in [0.2, 0.25) is 5.95 Å². The fourth-order valence-electron chi connectivity index (χ4n) is 6.01. The monoisotopic (exact) mass is 533 g/mol. The van der Waals surface area contributed by atoms with Crippen molar-refractivity contribution >= 4 is 22.8 Å². The molecule has 0 spiro atoms. The number of benzene rings is 1. The summed E-state index contributed by atoms with van der Waals surface area (Å²) in [5, 5.41) is 3.09. The van der Waals surface area contributed by atoms with Gasteiger partial charge in [-0.25, -0.2) is 28.7 Å². The van der Waals surface area contributed by atoms with Gasteiger partial charge in [0.25, 0.3) is 0 Å². The molecular weight excluding hydrogens is 496 g/mol. The molecule has 1 aromatic carbocycles. The van der Waals surface area contributed by atoms with Gasteiger partial charge in [0.05, 0.1) is 11.7 Å². The van der Waals surface area contributed by atoms with E-state index in [0.29, 0.717) is 34.6 Å². The number of piperidine rings is 1. The van der Waals surface area contributed by atoms with Crippen LogP contribution < -0.4 is 5.32 Å². The van der Waals surface area contributed by atoms with Crippen LogP contribution in [0.4, 0.5) is 20.5 Å². The minimum absolute atomic E-state index is 0.0172. The SMILES string of the molecule is CC[C@H](c1ccc(Nc2ncc(F)c(-c3cc(F)c4nc(C)n(C(C)C)c4c3)n2)nc1)C1CCN(CC)CC1. The third kappa shape index (κ3) is 5.50. The highest BCUT2D eigenvalue weighted by molar-refractivity contribution is 5.83. The van der Waals surface area contributed by atoms with E-state index in [1.165, 1.54) is 24.5 Å². The molecule has 1 fully saturated rings. The van der Waals surface area contributed by atoms with E-state index in [0.717, 1.165) is 32.3 Å². The summed E-state index contributed by atoms with van der Waals surface area (Å²) in [7, 11) is 0. The van der Waals surface area contributed by atoms with Gasteiger partial charge < -0.3 is 14.8 Å². The Labute approximate surface area is 228 Å². The van der Waals surface area contributed by atoms with Gasteiger partial charge in [0, 0.05) is 17.8 Å². The predicted molar refractivity (Wildman–Crippen MR) is 151 cm³/mol. The van der Waals surface area contributed by atoms with E-state index < -0.39 is 11.6 Å². The van der Waals surface area contributed by atoms with Gasteiger partial charge in [0.1, 0.15) is 22.9 Å². The molecule has 1 atom stereocenters. The summed E-state index contributed by atoms with van der Waals surface area (Å²) in [4.78, 5) is 20.0. The van der Waals surface area contributed by atoms with Crippen molar-refractivity contribution in [2.24, 2.45) is 5.92 Å². The van der Waals surface area contributed by atoms with Gasteiger partial charge in [-0.2, -0.15) is 0 Å². The van der Waals surface area contributed by atoms with Crippen molar-refractivity contribution in [2.75, 3.05) is 25.0 Å². The minimum atomic E-state index is -0.630. The highest BCUT2D eigenvalue weighted by Crippen LogP contribution is 2.35. The molecule has 4 heterocycles. The number of halogens is 2. The largest absolute Gasteiger partial charge is 0.326 e. The zero-order valence-electron chi connectivity index (χ0n) is 23.4. The summed E-state index contributed by atoms with van der Waals surface area (Å²) in [6, 6.07) is 7.11. The molecule has 0 saturated carbocycles. The standard InChI is InChI=1S/C30H37F2N7/c1-6-23(20-10-12-38(7-2)13-11-20)21-8-9-27(33-16-21)36-30-34-17-25(32)28(37-30)22-14-24(31)29-26(15-22)39(18(3)4)19(5)35-29/h8-9,14-18,20,23H,6-7,10-13H2,1-5H3,(H,33,34,36,37)/t23-/m0/s1. The lowest BCUT2D eigenvalue weighted by atomic mass is 9.79. The van der Waals surface area contributed by atoms with Crippen LogP contribution in [-0.2, 0) is 0 Å². The Morgan fingerprint density at radius 2 is 1.77 bits per heavy atom. The third-order valence-electron chi connectivity index (χ3n) is 8.00. The normalized spacial score (nSPS) is 15.8. The fraction of sp³-hybridized carbons (Fsp3) is 0.467. The lowest BCUT2D eigenvalue weighted by Crippen LogP contribution is -2.35. The van der Waals surface area contributed by atoms with Gasteiger partial charge in [-0.15, -0.1) is 0 Å². The zero-order chi connectivity index (χ0) is 27.7. The van der Waals surface area contributed by atoms with Crippen LogP contribution in [0.3, 0.4) is 0 Å². The number of nitrogens with zero attached hydrogens (tertiary/aromatic N) is 6. The van der Waals surface area contributed by atoms with E-state index in [1.54, 1.807) is 6.07 Å². The lowest BCUT2D eigenvalue weighted by Gasteiger charge is -2.35. The van der Waals surface area contributed by atoms with Gasteiger partial charge >= 0.3 is 0 Å². The summed E-state index contributed by atoms with van der Waals surface area (Å²) in [5.41, 5.74) is 2.45. The first-order valence-corrected chi connectivity index (χ1v) is 13.9. The van der Waals surface area contributed by atoms with Gasteiger partial charge in [0.15, 0.2) is 11.6 Å². The number of aromatic nitrogens is 5. The maximum Gasteiger partial charge on any atom is 0.229 e. The molecule has 5 rings (SSSR count). The number of rotatable bonds is 8. The van der Waals surface area contributed by atoms with Crippen LogP contribution in [0.25, 0.3) is 22.3 Å². The summed E-state index contributed by atoms with van der Waals surface area (Å²) in [6.07, 6.45) is 6.52. The molecule has 0 unspecified atom stereocenters. The Morgan fingerprint density at radius 3 is 2.41 bits per heavy atom. The van der Waals surface area contributed by atoms with Crippen molar-refractivity contribution in [3.8, 4) is 11.3 Å². The molecule has 0 bridgehead atoms. The van der Waals surface area contributed by atoms with Crippen LogP contribution in [0.15, 0.2) is 36.7 Å². The predicted octanol–water partition coefficient (Wildman–Crippen LogP) is 7.02. The summed E-state index contributed by atoms with van der Waals surface area (Å²) >= 11 is 0. The first-order valence-electron chi connectivity index (χ1n) is 13.9. The summed E-state index contributed by atoms with van der Waals surface area (Å²) in [6.45, 7) is 13.7. The quantitative estimate of drug-likeness (QED) is 0.262. The number of likely N-dealkylation sites (tertiary alicyclic amines) is 1. The number of nitrogens with one attached hydrogen (secondary N) is 1. The summed E-state index contributed by atoms with van der Waals surface area (Å²) in [5.74, 6) is 1.46. The lowest BCUT2D eigenvalue weighted by molar-refractivity contribution is 0.173. The van der Waals surface area contributed by atoms with Gasteiger partial charge in [-0.3, -0.25) is 0 Å². The van der Waals surface area contributed by atoms with Crippen molar-refractivity contribution in [2.45, 2.75) is 65.8 Å². The second kappa shape index (κ2) is 11.3. The third-order valence-corrected chi connectivity index (χ3v) is 8.00. The molecule has 9 heteroatoms. The molecular formula is C30H37F2N7. The molecule has 0 amide bonds. The maximum absolute atomic E-state index is 15.0. The molecule has 3 aromatic heterocycles. The van der Waals surface area contributed by atoms with E-state index in [1.807, 2.05) is 37.6 Å². The fourth-order valence-corrected chi connectivity index (χ4v) is 6.01. The van der Waals surface area contributed by atoms with Crippen LogP contribution in [0.1, 0.15) is 70.3 Å². The van der Waals surface area contributed by atoms with E-state index in [-0.39, 0.29) is 23.2 Å². The van der Waals surface area contributed by atoms with E-state index in [4.69, 9.17) is 0 Å². The second-order valence-electron chi connectivity index (χ2n) is 10.7. The molecule has 1 aliphatic heterocycles. The number of anilines is 2. The topological polar surface area (TPSA) is 71.8 Å². The molecule has 1 aliphatic rings. The highest BCUT2D eigenvalue weighted by atomic mass is 19.1. The molecule has 4 aromatic rings. The zero-order valence-corrected chi connectivity index (χ0v) is 23.4. The molecule has 1 N–H and O–H groups in total. The average Bonchev–Trinajstić information content (AvgIpc) is 3.28. The van der Waals surface area contributed by atoms with Crippen LogP contribution in [0, 0.1) is 24.5 Å². The van der Waals surface area contributed by atoms with Crippen LogP contribution in [0.2, 0.25) is 0 Å². The molecule has 39 heavy (non-hydrogen) atoms. The van der Waals surface area contributed by atoms with Crippen LogP contribution >= 0.6 is 0 Å². The van der Waals surface area contributed by atoms with Crippen molar-refractivity contribution in [3.63, 3.8) is 0 Å². The minimum Gasteiger partial charge on any atom is -0.326 e. The Bertz CT molecular complexity index is 1440. The van der Waals surface area contributed by atoms with Crippen molar-refractivity contribution in [3.05, 3.63) is 59.7 Å². The Kier molecular flexibility index (Phi) is 7.88. The molecule has 206 valence electrons. The number of aryl methyl sites for hydroxylation is 1. The highest BCUT2D eigenvalue weighted by Gasteiger charge is 2.26. The van der Waals surface area contributed by atoms with Gasteiger partial charge in [-0.1, -0.05) is 19.9 Å². The Balaban J connectivity index is 1.38. The number of fused-ring (bicyclic) bond motifs is 1. The van der Waals surface area contributed by atoms with Crippen molar-refractivity contribution < 1.29 is 8.78 Å². The smallest absolute Gasteiger partial charge is 0.229 e. The first-order chi connectivity index (χ1) is 18.8. The second-order valence-corrected chi connectivity index (χ2v) is 10.7. The van der Waals surface area contributed by atoms with E-state index in [2.05, 4.69) is 50.1 Å². The van der Waals surface area contributed by atoms with Crippen LogP contribution in [-0.4, -0.2) is 49.0 Å². The maximum atomic E-state index is 15.0. The molecule has 0 aliphatic carbocycles. The Morgan fingerprint density at radius 1 is 1.00 bits per heavy atom.